The molecule has 0 aromatic heterocycles. The highest BCUT2D eigenvalue weighted by molar-refractivity contribution is 5.87. The molecule has 1 nitrogen and oxygen atoms in total. The van der Waals surface area contributed by atoms with E-state index in [2.05, 4.69) is 43.3 Å². The summed E-state index contributed by atoms with van der Waals surface area (Å²) in [6.07, 6.45) is 7.24. The molecule has 1 saturated carbocycles. The normalized spacial score (nSPS) is 18.9. The van der Waals surface area contributed by atoms with Crippen LogP contribution in [0.25, 0.3) is 10.8 Å². The van der Waals surface area contributed by atoms with Gasteiger partial charge < -0.3 is 5.11 Å². The molecule has 0 bridgehead atoms. The van der Waals surface area contributed by atoms with Crippen molar-refractivity contribution in [3.63, 3.8) is 0 Å². The maximum atomic E-state index is 10.9. The average Bonchev–Trinajstić information content (AvgIpc) is 2.75. The van der Waals surface area contributed by atoms with Crippen molar-refractivity contribution in [3.8, 4) is 0 Å². The molecule has 0 heterocycles. The van der Waals surface area contributed by atoms with Crippen LogP contribution in [0.1, 0.15) is 55.8 Å². The van der Waals surface area contributed by atoms with Gasteiger partial charge in [-0.1, -0.05) is 62.1 Å². The molecule has 1 heteroatoms. The number of hydrogen-bond donors (Lipinski definition) is 1. The lowest BCUT2D eigenvalue weighted by atomic mass is 9.85. The summed E-state index contributed by atoms with van der Waals surface area (Å²) in [6.45, 7) is 2.13. The molecule has 0 aliphatic heterocycles. The highest BCUT2D eigenvalue weighted by atomic mass is 16.3. The molecule has 1 N–H and O–H groups in total. The van der Waals surface area contributed by atoms with Gasteiger partial charge >= 0.3 is 0 Å². The number of aryl methyl sites for hydroxylation is 1. The number of benzene rings is 2. The fourth-order valence-corrected chi connectivity index (χ4v) is 3.66. The van der Waals surface area contributed by atoms with E-state index in [1.165, 1.54) is 54.9 Å². The smallest absolute Gasteiger partial charge is 0.0826 e. The van der Waals surface area contributed by atoms with Crippen molar-refractivity contribution in [2.45, 2.75) is 51.6 Å². The van der Waals surface area contributed by atoms with Gasteiger partial charge in [0.25, 0.3) is 0 Å². The van der Waals surface area contributed by atoms with E-state index in [0.29, 0.717) is 5.92 Å². The first-order chi connectivity index (χ1) is 9.77. The minimum atomic E-state index is -0.306. The molecule has 1 aliphatic rings. The fourth-order valence-electron chi connectivity index (χ4n) is 3.66. The van der Waals surface area contributed by atoms with E-state index >= 15 is 0 Å². The average molecular weight is 268 g/mol. The van der Waals surface area contributed by atoms with Gasteiger partial charge in [-0.15, -0.1) is 0 Å². The standard InChI is InChI=1S/C19H24O/c1-14-12-13-15-8-6-7-11-17(15)18(14)19(20)16-9-4-2-3-5-10-16/h6-8,11-13,16,19-20H,2-5,9-10H2,1H3. The summed E-state index contributed by atoms with van der Waals surface area (Å²) in [6, 6.07) is 12.7. The van der Waals surface area contributed by atoms with Crippen LogP contribution in [-0.4, -0.2) is 5.11 Å². The third-order valence-corrected chi connectivity index (χ3v) is 4.83. The van der Waals surface area contributed by atoms with Gasteiger partial charge in [0.15, 0.2) is 0 Å². The van der Waals surface area contributed by atoms with Gasteiger partial charge in [0.2, 0.25) is 0 Å². The first-order valence-electron chi connectivity index (χ1n) is 7.93. The highest BCUT2D eigenvalue weighted by Gasteiger charge is 2.24. The van der Waals surface area contributed by atoms with E-state index in [-0.39, 0.29) is 6.10 Å². The zero-order valence-corrected chi connectivity index (χ0v) is 12.3. The number of hydrogen-bond acceptors (Lipinski definition) is 1. The quantitative estimate of drug-likeness (QED) is 0.747. The zero-order valence-electron chi connectivity index (χ0n) is 12.3. The lowest BCUT2D eigenvalue weighted by Crippen LogP contribution is -2.13. The van der Waals surface area contributed by atoms with Crippen LogP contribution in [0.3, 0.4) is 0 Å². The highest BCUT2D eigenvalue weighted by Crippen LogP contribution is 2.37. The molecule has 0 spiro atoms. The number of aliphatic hydroxyl groups excluding tert-OH is 1. The van der Waals surface area contributed by atoms with Crippen LogP contribution >= 0.6 is 0 Å². The maximum Gasteiger partial charge on any atom is 0.0826 e. The first-order valence-corrected chi connectivity index (χ1v) is 7.93. The molecule has 2 aromatic carbocycles. The Morgan fingerprint density at radius 1 is 0.950 bits per heavy atom. The SMILES string of the molecule is Cc1ccc2ccccc2c1C(O)C1CCCCCC1. The van der Waals surface area contributed by atoms with Gasteiger partial charge in [0.05, 0.1) is 6.10 Å². The summed E-state index contributed by atoms with van der Waals surface area (Å²) < 4.78 is 0. The van der Waals surface area contributed by atoms with Crippen LogP contribution in [0.4, 0.5) is 0 Å². The van der Waals surface area contributed by atoms with E-state index in [1.54, 1.807) is 0 Å². The van der Waals surface area contributed by atoms with Gasteiger partial charge in [0, 0.05) is 0 Å². The summed E-state index contributed by atoms with van der Waals surface area (Å²) in [5, 5.41) is 13.4. The van der Waals surface area contributed by atoms with Crippen molar-refractivity contribution in [2.75, 3.05) is 0 Å². The summed E-state index contributed by atoms with van der Waals surface area (Å²) in [5.74, 6) is 0.432. The minimum Gasteiger partial charge on any atom is -0.388 e. The minimum absolute atomic E-state index is 0.306. The Hall–Kier alpha value is -1.34. The molecule has 0 radical (unpaired) electrons. The topological polar surface area (TPSA) is 20.2 Å². The molecular formula is C19H24O. The lowest BCUT2D eigenvalue weighted by molar-refractivity contribution is 0.0996. The molecule has 1 aliphatic carbocycles. The van der Waals surface area contributed by atoms with Crippen LogP contribution in [0, 0.1) is 12.8 Å². The third-order valence-electron chi connectivity index (χ3n) is 4.83. The predicted molar refractivity (Wildman–Crippen MR) is 84.8 cm³/mol. The number of fused-ring (bicyclic) bond motifs is 1. The van der Waals surface area contributed by atoms with Gasteiger partial charge in [-0.2, -0.15) is 0 Å². The number of aliphatic hydroxyl groups is 1. The monoisotopic (exact) mass is 268 g/mol. The van der Waals surface area contributed by atoms with E-state index in [0.717, 1.165) is 5.56 Å². The second-order valence-electron chi connectivity index (χ2n) is 6.21. The van der Waals surface area contributed by atoms with Crippen molar-refractivity contribution >= 4 is 10.8 Å². The van der Waals surface area contributed by atoms with Gasteiger partial charge in [-0.3, -0.25) is 0 Å². The molecule has 1 unspecified atom stereocenters. The molecule has 106 valence electrons. The van der Waals surface area contributed by atoms with Crippen molar-refractivity contribution in [1.82, 2.24) is 0 Å². The molecule has 0 saturated heterocycles. The van der Waals surface area contributed by atoms with E-state index in [9.17, 15) is 5.11 Å². The molecular weight excluding hydrogens is 244 g/mol. The molecule has 0 amide bonds. The summed E-state index contributed by atoms with van der Waals surface area (Å²) in [5.41, 5.74) is 2.38. The second-order valence-corrected chi connectivity index (χ2v) is 6.21. The van der Waals surface area contributed by atoms with Gasteiger partial charge in [-0.05, 0) is 47.6 Å². The van der Waals surface area contributed by atoms with Crippen LogP contribution in [-0.2, 0) is 0 Å². The van der Waals surface area contributed by atoms with Crippen LogP contribution in [0.2, 0.25) is 0 Å². The zero-order chi connectivity index (χ0) is 13.9. The predicted octanol–water partition coefficient (Wildman–Crippen LogP) is 5.15. The summed E-state index contributed by atoms with van der Waals surface area (Å²) >= 11 is 0. The fraction of sp³-hybridized carbons (Fsp3) is 0.474. The molecule has 3 rings (SSSR count). The van der Waals surface area contributed by atoms with Crippen LogP contribution in [0.5, 0.6) is 0 Å². The molecule has 1 fully saturated rings. The van der Waals surface area contributed by atoms with Gasteiger partial charge in [0.1, 0.15) is 0 Å². The third kappa shape index (κ3) is 2.60. The Labute approximate surface area is 121 Å². The van der Waals surface area contributed by atoms with E-state index in [1.807, 2.05) is 0 Å². The second kappa shape index (κ2) is 5.97. The Balaban J connectivity index is 2.01. The Morgan fingerprint density at radius 3 is 2.40 bits per heavy atom. The van der Waals surface area contributed by atoms with Crippen molar-refractivity contribution in [3.05, 3.63) is 47.5 Å². The lowest BCUT2D eigenvalue weighted by Gasteiger charge is -2.24. The molecule has 2 aromatic rings. The van der Waals surface area contributed by atoms with Crippen molar-refractivity contribution in [1.29, 1.82) is 0 Å². The van der Waals surface area contributed by atoms with E-state index in [4.69, 9.17) is 0 Å². The first kappa shape index (κ1) is 13.6. The van der Waals surface area contributed by atoms with Crippen molar-refractivity contribution < 1.29 is 5.11 Å². The van der Waals surface area contributed by atoms with Crippen LogP contribution in [0.15, 0.2) is 36.4 Å². The summed E-state index contributed by atoms with van der Waals surface area (Å²) in [7, 11) is 0. The maximum absolute atomic E-state index is 10.9. The Kier molecular flexibility index (Phi) is 4.07. The Morgan fingerprint density at radius 2 is 1.65 bits per heavy atom. The largest absolute Gasteiger partial charge is 0.388 e. The van der Waals surface area contributed by atoms with Gasteiger partial charge in [-0.25, -0.2) is 0 Å². The molecule has 1 atom stereocenters. The van der Waals surface area contributed by atoms with E-state index < -0.39 is 0 Å². The van der Waals surface area contributed by atoms with Crippen LogP contribution < -0.4 is 0 Å². The summed E-state index contributed by atoms with van der Waals surface area (Å²) in [4.78, 5) is 0. The molecule has 20 heavy (non-hydrogen) atoms. The Bertz CT molecular complexity index is 579. The van der Waals surface area contributed by atoms with Crippen molar-refractivity contribution in [2.24, 2.45) is 5.92 Å². The number of rotatable bonds is 2.